The van der Waals surface area contributed by atoms with E-state index < -0.39 is 10.7 Å². The molecule has 2 aromatic rings. The van der Waals surface area contributed by atoms with Gasteiger partial charge in [0.05, 0.1) is 11.0 Å². The number of hydrogen-bond acceptors (Lipinski definition) is 5. The van der Waals surface area contributed by atoms with Crippen molar-refractivity contribution in [3.63, 3.8) is 0 Å². The summed E-state index contributed by atoms with van der Waals surface area (Å²) < 4.78 is 6.88. The average Bonchev–Trinajstić information content (AvgIpc) is 2.65. The first-order chi connectivity index (χ1) is 8.93. The monoisotopic (exact) mass is 264 g/mol. The molecule has 0 atom stereocenters. The molecule has 1 N–H and O–H groups in total. The second-order valence-corrected chi connectivity index (χ2v) is 4.18. The van der Waals surface area contributed by atoms with Crippen LogP contribution in [0.1, 0.15) is 19.9 Å². The summed E-state index contributed by atoms with van der Waals surface area (Å²) in [7, 11) is 0. The second kappa shape index (κ2) is 4.56. The van der Waals surface area contributed by atoms with Gasteiger partial charge in [-0.1, -0.05) is 12.1 Å². The van der Waals surface area contributed by atoms with Gasteiger partial charge in [-0.15, -0.1) is 0 Å². The average molecular weight is 264 g/mol. The number of nitro groups is 1. The number of hydrogen-bond donors (Lipinski definition) is 1. The molecule has 19 heavy (non-hydrogen) atoms. The van der Waals surface area contributed by atoms with Crippen molar-refractivity contribution in [2.45, 2.75) is 19.9 Å². The minimum Gasteiger partial charge on any atom is -0.318 e. The highest BCUT2D eigenvalue weighted by Crippen LogP contribution is 2.19. The van der Waals surface area contributed by atoms with E-state index in [0.717, 1.165) is 9.31 Å². The third-order valence-corrected chi connectivity index (χ3v) is 2.57. The van der Waals surface area contributed by atoms with Crippen LogP contribution in [0.4, 0.5) is 5.69 Å². The van der Waals surface area contributed by atoms with E-state index >= 15 is 0 Å². The fourth-order valence-corrected chi connectivity index (χ4v) is 1.72. The summed E-state index contributed by atoms with van der Waals surface area (Å²) in [6.07, 6.45) is 0. The van der Waals surface area contributed by atoms with Crippen molar-refractivity contribution >= 4 is 5.69 Å². The van der Waals surface area contributed by atoms with Crippen LogP contribution in [-0.4, -0.2) is 14.2 Å². The molecule has 8 heteroatoms. The highest BCUT2D eigenvalue weighted by molar-refractivity contribution is 5.51. The molecule has 0 unspecified atom stereocenters. The Kier molecular flexibility index (Phi) is 3.07. The summed E-state index contributed by atoms with van der Waals surface area (Å²) in [5.41, 5.74) is -0.477. The number of rotatable bonds is 3. The lowest BCUT2D eigenvalue weighted by molar-refractivity contribution is -0.384. The largest absolute Gasteiger partial charge is 0.446 e. The van der Waals surface area contributed by atoms with Crippen molar-refractivity contribution in [1.29, 1.82) is 5.41 Å². The standard InChI is InChI=1S/C11H12N4O4/c1-7(2)14-10(12)13(11(16)19-14)8-5-3-4-6-9(8)15(17)18/h3-7,12H,1-2H3. The molecular formula is C11H12N4O4. The minimum atomic E-state index is -0.826. The predicted molar refractivity (Wildman–Crippen MR) is 65.2 cm³/mol. The van der Waals surface area contributed by atoms with Gasteiger partial charge < -0.3 is 4.52 Å². The lowest BCUT2D eigenvalue weighted by atomic mass is 10.2. The Hall–Kier alpha value is -2.64. The van der Waals surface area contributed by atoms with E-state index in [9.17, 15) is 14.9 Å². The van der Waals surface area contributed by atoms with Gasteiger partial charge in [0, 0.05) is 6.07 Å². The summed E-state index contributed by atoms with van der Waals surface area (Å²) in [5.74, 6) is -0.826. The lowest BCUT2D eigenvalue weighted by Crippen LogP contribution is -2.28. The molecule has 0 saturated carbocycles. The molecule has 0 aliphatic heterocycles. The minimum absolute atomic E-state index is 0.0191. The zero-order valence-electron chi connectivity index (χ0n) is 10.4. The van der Waals surface area contributed by atoms with Crippen LogP contribution in [0.2, 0.25) is 0 Å². The molecule has 2 rings (SSSR count). The van der Waals surface area contributed by atoms with Crippen LogP contribution in [0, 0.1) is 15.5 Å². The highest BCUT2D eigenvalue weighted by Gasteiger charge is 2.20. The molecule has 1 aromatic carbocycles. The summed E-state index contributed by atoms with van der Waals surface area (Å²) in [5, 5.41) is 18.8. The molecule has 100 valence electrons. The summed E-state index contributed by atoms with van der Waals surface area (Å²) >= 11 is 0. The van der Waals surface area contributed by atoms with Crippen molar-refractivity contribution in [3.05, 3.63) is 50.5 Å². The number of nitrogens with one attached hydrogen (secondary N) is 1. The fourth-order valence-electron chi connectivity index (χ4n) is 1.72. The van der Waals surface area contributed by atoms with Gasteiger partial charge in [0.2, 0.25) is 5.62 Å². The summed E-state index contributed by atoms with van der Waals surface area (Å²) in [4.78, 5) is 22.1. The molecular weight excluding hydrogens is 252 g/mol. The van der Waals surface area contributed by atoms with Gasteiger partial charge in [-0.05, 0) is 19.9 Å². The van der Waals surface area contributed by atoms with E-state index in [1.165, 1.54) is 18.2 Å². The Morgan fingerprint density at radius 3 is 2.53 bits per heavy atom. The third kappa shape index (κ3) is 2.07. The normalized spacial score (nSPS) is 10.9. The van der Waals surface area contributed by atoms with E-state index in [-0.39, 0.29) is 23.0 Å². The number of aromatic nitrogens is 2. The quantitative estimate of drug-likeness (QED) is 0.663. The maximum absolute atomic E-state index is 11.8. The maximum Gasteiger partial charge on any atom is 0.446 e. The van der Waals surface area contributed by atoms with Gasteiger partial charge in [0.1, 0.15) is 5.69 Å². The Bertz CT molecular complexity index is 738. The van der Waals surface area contributed by atoms with Crippen molar-refractivity contribution in [2.75, 3.05) is 0 Å². The van der Waals surface area contributed by atoms with Gasteiger partial charge in [0.25, 0.3) is 5.69 Å². The van der Waals surface area contributed by atoms with Crippen LogP contribution in [0.25, 0.3) is 5.69 Å². The van der Waals surface area contributed by atoms with E-state index in [4.69, 9.17) is 9.93 Å². The first-order valence-electron chi connectivity index (χ1n) is 5.56. The molecule has 0 saturated heterocycles. The topological polar surface area (TPSA) is 107 Å². The Labute approximate surface area is 107 Å². The zero-order valence-corrected chi connectivity index (χ0v) is 10.4. The molecule has 0 bridgehead atoms. The SMILES string of the molecule is CC(C)n1oc(=O)n(-c2ccccc2[N+](=O)[O-])c1=N. The lowest BCUT2D eigenvalue weighted by Gasteiger charge is -2.03. The first kappa shape index (κ1) is 12.8. The first-order valence-corrected chi connectivity index (χ1v) is 5.56. The van der Waals surface area contributed by atoms with Crippen LogP contribution in [0.3, 0.4) is 0 Å². The maximum atomic E-state index is 11.8. The van der Waals surface area contributed by atoms with Crippen LogP contribution in [0.15, 0.2) is 33.6 Å². The van der Waals surface area contributed by atoms with E-state index in [1.54, 1.807) is 19.9 Å². The van der Waals surface area contributed by atoms with Gasteiger partial charge in [0.15, 0.2) is 0 Å². The number of benzene rings is 1. The molecule has 0 fully saturated rings. The molecule has 8 nitrogen and oxygen atoms in total. The molecule has 0 radical (unpaired) electrons. The van der Waals surface area contributed by atoms with E-state index in [0.29, 0.717) is 0 Å². The number of nitro benzene ring substituents is 1. The molecule has 0 spiro atoms. The number of nitrogens with zero attached hydrogens (tertiary/aromatic N) is 3. The van der Waals surface area contributed by atoms with Crippen molar-refractivity contribution < 1.29 is 9.45 Å². The van der Waals surface area contributed by atoms with Crippen molar-refractivity contribution in [1.82, 2.24) is 9.31 Å². The highest BCUT2D eigenvalue weighted by atomic mass is 16.6. The zero-order chi connectivity index (χ0) is 14.2. The summed E-state index contributed by atoms with van der Waals surface area (Å²) in [6, 6.07) is 5.49. The molecule has 0 amide bonds. The summed E-state index contributed by atoms with van der Waals surface area (Å²) in [6.45, 7) is 3.48. The number of para-hydroxylation sites is 2. The van der Waals surface area contributed by atoms with E-state index in [2.05, 4.69) is 0 Å². The predicted octanol–water partition coefficient (Wildman–Crippen LogP) is 1.20. The van der Waals surface area contributed by atoms with Crippen molar-refractivity contribution in [2.24, 2.45) is 0 Å². The molecule has 1 aromatic heterocycles. The van der Waals surface area contributed by atoms with Gasteiger partial charge in [-0.2, -0.15) is 4.74 Å². The Morgan fingerprint density at radius 1 is 1.37 bits per heavy atom. The third-order valence-electron chi connectivity index (χ3n) is 2.57. The van der Waals surface area contributed by atoms with Crippen LogP contribution >= 0.6 is 0 Å². The second-order valence-electron chi connectivity index (χ2n) is 4.18. The van der Waals surface area contributed by atoms with E-state index in [1.807, 2.05) is 0 Å². The van der Waals surface area contributed by atoms with Crippen LogP contribution < -0.4 is 11.4 Å². The molecule has 0 aliphatic carbocycles. The Balaban J connectivity index is 2.78. The molecule has 1 heterocycles. The van der Waals surface area contributed by atoms with Gasteiger partial charge >= 0.3 is 5.76 Å². The smallest absolute Gasteiger partial charge is 0.318 e. The molecule has 0 aliphatic rings. The van der Waals surface area contributed by atoms with Gasteiger partial charge in [-0.3, -0.25) is 15.5 Å². The van der Waals surface area contributed by atoms with Gasteiger partial charge in [-0.25, -0.2) is 9.36 Å². The van der Waals surface area contributed by atoms with Crippen molar-refractivity contribution in [3.8, 4) is 5.69 Å². The van der Waals surface area contributed by atoms with Crippen LogP contribution in [0.5, 0.6) is 0 Å². The fraction of sp³-hybridized carbons (Fsp3) is 0.273. The van der Waals surface area contributed by atoms with Crippen LogP contribution in [-0.2, 0) is 0 Å². The Morgan fingerprint density at radius 2 is 2.00 bits per heavy atom.